The molecular weight excluding hydrogens is 624 g/mol. The molecule has 1 aliphatic rings. The van der Waals surface area contributed by atoms with Crippen LogP contribution in [0.15, 0.2) is 65.7 Å². The third-order valence-corrected chi connectivity index (χ3v) is 9.55. The molecule has 3 aromatic rings. The fraction of sp³-hybridized carbons (Fsp3) is 0.394. The number of aryl methyl sites for hydroxylation is 4. The lowest BCUT2D eigenvalue weighted by Crippen LogP contribution is -2.49. The number of hydrogen-bond acceptors (Lipinski definition) is 8. The number of urea groups is 1. The molecule has 13 nitrogen and oxygen atoms in total. The Morgan fingerprint density at radius 3 is 2.40 bits per heavy atom. The van der Waals surface area contributed by atoms with Crippen molar-refractivity contribution < 1.29 is 32.6 Å². The molecule has 47 heavy (non-hydrogen) atoms. The number of rotatable bonds is 14. The number of ether oxygens (including phenoxy) is 1. The van der Waals surface area contributed by atoms with E-state index in [0.29, 0.717) is 36.5 Å². The highest BCUT2D eigenvalue weighted by Gasteiger charge is 2.36. The minimum Gasteiger partial charge on any atom is -0.480 e. The molecule has 1 fully saturated rings. The number of hydrogen-bond donors (Lipinski definition) is 5. The monoisotopic (exact) mass is 666 g/mol. The van der Waals surface area contributed by atoms with Crippen LogP contribution < -0.4 is 20.7 Å². The van der Waals surface area contributed by atoms with Gasteiger partial charge in [0.2, 0.25) is 15.9 Å². The zero-order valence-electron chi connectivity index (χ0n) is 26.9. The summed E-state index contributed by atoms with van der Waals surface area (Å²) in [5.74, 6) is -1.40. The van der Waals surface area contributed by atoms with Crippen LogP contribution in [0.1, 0.15) is 34.2 Å². The van der Waals surface area contributed by atoms with Crippen LogP contribution in [0, 0.1) is 27.7 Å². The average Bonchev–Trinajstić information content (AvgIpc) is 3.42. The molecule has 2 aromatic carbocycles. The average molecular weight is 667 g/mol. The van der Waals surface area contributed by atoms with Gasteiger partial charge in [0.1, 0.15) is 18.5 Å². The first-order chi connectivity index (χ1) is 22.3. The second-order valence-corrected chi connectivity index (χ2v) is 13.4. The summed E-state index contributed by atoms with van der Waals surface area (Å²) in [5, 5.41) is 18.3. The van der Waals surface area contributed by atoms with Crippen LogP contribution in [-0.2, 0) is 30.9 Å². The Morgan fingerprint density at radius 2 is 1.74 bits per heavy atom. The van der Waals surface area contributed by atoms with E-state index in [4.69, 9.17) is 4.74 Å². The Hall–Kier alpha value is -4.53. The number of benzene rings is 2. The third kappa shape index (κ3) is 9.98. The summed E-state index contributed by atoms with van der Waals surface area (Å²) >= 11 is 0. The van der Waals surface area contributed by atoms with Crippen molar-refractivity contribution in [2.24, 2.45) is 0 Å². The molecule has 4 rings (SSSR count). The molecule has 1 saturated heterocycles. The lowest BCUT2D eigenvalue weighted by atomic mass is 10.1. The van der Waals surface area contributed by atoms with Gasteiger partial charge in [0, 0.05) is 32.4 Å². The number of sulfonamides is 1. The van der Waals surface area contributed by atoms with Crippen LogP contribution in [0.2, 0.25) is 0 Å². The largest absolute Gasteiger partial charge is 0.480 e. The van der Waals surface area contributed by atoms with E-state index in [0.717, 1.165) is 16.7 Å². The zero-order chi connectivity index (χ0) is 34.1. The molecule has 1 aliphatic heterocycles. The highest BCUT2D eigenvalue weighted by Crippen LogP contribution is 2.23. The number of amides is 3. The van der Waals surface area contributed by atoms with Gasteiger partial charge < -0.3 is 30.7 Å². The molecule has 0 unspecified atom stereocenters. The second-order valence-electron chi connectivity index (χ2n) is 11.8. The highest BCUT2D eigenvalue weighted by atomic mass is 32.2. The van der Waals surface area contributed by atoms with Crippen LogP contribution in [-0.4, -0.2) is 85.7 Å². The molecule has 14 heteroatoms. The van der Waals surface area contributed by atoms with Crippen molar-refractivity contribution in [1.82, 2.24) is 25.2 Å². The van der Waals surface area contributed by atoms with Crippen LogP contribution in [0.5, 0.6) is 0 Å². The van der Waals surface area contributed by atoms with Crippen molar-refractivity contribution in [3.8, 4) is 0 Å². The van der Waals surface area contributed by atoms with Gasteiger partial charge in [0.05, 0.1) is 17.0 Å². The maximum absolute atomic E-state index is 13.3. The molecule has 5 N–H and O–H groups in total. The fourth-order valence-corrected chi connectivity index (χ4v) is 7.35. The predicted octanol–water partition coefficient (Wildman–Crippen LogP) is 2.64. The van der Waals surface area contributed by atoms with E-state index in [1.807, 2.05) is 50.2 Å². The standard InChI is InChI=1S/C33H42N6O7S/c1-21-8-7-9-25(14-21)16-37-33(43)39-19-27(15-26(39)17-35-29-10-5-6-11-34-29)46-20-30(40)36-18-28(32(41)42)38-47(44,45)31-23(3)12-22(2)13-24(31)4/h5-14,26-28,38H,15-20H2,1-4H3,(H,34,35)(H,36,40)(H,37,43)(H,41,42)/t26-,27+,28-/m0/s1. The molecule has 2 heterocycles. The van der Waals surface area contributed by atoms with E-state index in [2.05, 4.69) is 25.7 Å². The number of carbonyl (C=O) groups excluding carboxylic acids is 2. The lowest BCUT2D eigenvalue weighted by Gasteiger charge is -2.25. The molecular formula is C33H42N6O7S. The van der Waals surface area contributed by atoms with Gasteiger partial charge in [0.25, 0.3) is 0 Å². The van der Waals surface area contributed by atoms with Gasteiger partial charge in [-0.25, -0.2) is 18.2 Å². The molecule has 0 saturated carbocycles. The van der Waals surface area contributed by atoms with Crippen molar-refractivity contribution in [3.05, 3.63) is 88.6 Å². The summed E-state index contributed by atoms with van der Waals surface area (Å²) in [7, 11) is -4.19. The molecule has 3 amide bonds. The Labute approximate surface area is 275 Å². The van der Waals surface area contributed by atoms with Gasteiger partial charge >= 0.3 is 12.0 Å². The number of aliphatic carboxylic acids is 1. The van der Waals surface area contributed by atoms with E-state index in [1.54, 1.807) is 43.1 Å². The van der Waals surface area contributed by atoms with E-state index in [1.165, 1.54) is 0 Å². The molecule has 0 radical (unpaired) electrons. The molecule has 3 atom stereocenters. The number of nitrogens with one attached hydrogen (secondary N) is 4. The van der Waals surface area contributed by atoms with Gasteiger partial charge in [-0.15, -0.1) is 0 Å². The number of likely N-dealkylation sites (tertiary alicyclic amines) is 1. The fourth-order valence-electron chi connectivity index (χ4n) is 5.70. The topological polar surface area (TPSA) is 179 Å². The van der Waals surface area contributed by atoms with Gasteiger partial charge in [-0.05, 0) is 62.9 Å². The smallest absolute Gasteiger partial charge is 0.323 e. The summed E-state index contributed by atoms with van der Waals surface area (Å²) in [4.78, 5) is 43.8. The van der Waals surface area contributed by atoms with Crippen molar-refractivity contribution in [1.29, 1.82) is 0 Å². The van der Waals surface area contributed by atoms with E-state index >= 15 is 0 Å². The summed E-state index contributed by atoms with van der Waals surface area (Å²) in [5.41, 5.74) is 3.91. The number of anilines is 1. The first kappa shape index (κ1) is 35.3. The Morgan fingerprint density at radius 1 is 1.00 bits per heavy atom. The molecule has 252 valence electrons. The van der Waals surface area contributed by atoms with Crippen LogP contribution in [0.4, 0.5) is 10.6 Å². The Bertz CT molecular complexity index is 1660. The lowest BCUT2D eigenvalue weighted by molar-refractivity contribution is -0.139. The minimum atomic E-state index is -4.19. The van der Waals surface area contributed by atoms with Crippen LogP contribution >= 0.6 is 0 Å². The maximum Gasteiger partial charge on any atom is 0.323 e. The molecule has 0 spiro atoms. The van der Waals surface area contributed by atoms with E-state index in [-0.39, 0.29) is 23.5 Å². The number of aromatic nitrogens is 1. The van der Waals surface area contributed by atoms with Crippen molar-refractivity contribution in [2.45, 2.75) is 63.7 Å². The quantitative estimate of drug-likeness (QED) is 0.173. The van der Waals surface area contributed by atoms with Crippen LogP contribution in [0.25, 0.3) is 0 Å². The number of carbonyl (C=O) groups is 3. The second kappa shape index (κ2) is 15.8. The summed E-state index contributed by atoms with van der Waals surface area (Å²) in [6, 6.07) is 14.6. The molecule has 0 bridgehead atoms. The maximum atomic E-state index is 13.3. The summed E-state index contributed by atoms with van der Waals surface area (Å²) < 4.78 is 34.2. The minimum absolute atomic E-state index is 0.00445. The summed E-state index contributed by atoms with van der Waals surface area (Å²) in [6.45, 7) is 7.19. The number of nitrogens with zero attached hydrogens (tertiary/aromatic N) is 2. The van der Waals surface area contributed by atoms with Crippen molar-refractivity contribution in [3.63, 3.8) is 0 Å². The first-order valence-electron chi connectivity index (χ1n) is 15.3. The Kier molecular flexibility index (Phi) is 11.9. The highest BCUT2D eigenvalue weighted by molar-refractivity contribution is 7.89. The molecule has 1 aromatic heterocycles. The van der Waals surface area contributed by atoms with Gasteiger partial charge in [-0.3, -0.25) is 9.59 Å². The Balaban J connectivity index is 1.33. The number of pyridine rings is 1. The van der Waals surface area contributed by atoms with Crippen LogP contribution in [0.3, 0.4) is 0 Å². The van der Waals surface area contributed by atoms with Gasteiger partial charge in [0.15, 0.2) is 0 Å². The molecule has 0 aliphatic carbocycles. The zero-order valence-corrected chi connectivity index (χ0v) is 27.8. The van der Waals surface area contributed by atoms with E-state index in [9.17, 15) is 27.9 Å². The summed E-state index contributed by atoms with van der Waals surface area (Å²) in [6.07, 6.45) is 1.64. The van der Waals surface area contributed by atoms with E-state index < -0.39 is 47.2 Å². The third-order valence-electron chi connectivity index (χ3n) is 7.77. The number of carboxylic acid groups (broad SMARTS) is 1. The van der Waals surface area contributed by atoms with Crippen molar-refractivity contribution in [2.75, 3.05) is 31.6 Å². The van der Waals surface area contributed by atoms with Gasteiger partial charge in [-0.2, -0.15) is 4.72 Å². The first-order valence-corrected chi connectivity index (χ1v) is 16.8. The number of carboxylic acids is 1. The van der Waals surface area contributed by atoms with Crippen molar-refractivity contribution >= 4 is 33.7 Å². The SMILES string of the molecule is Cc1cccc(CNC(=O)N2C[C@H](OCC(=O)NC[C@H](NS(=O)(=O)c3c(C)cc(C)cc3C)C(=O)O)C[C@H]2CNc2ccccn2)c1. The normalized spacial score (nSPS) is 16.8. The predicted molar refractivity (Wildman–Crippen MR) is 176 cm³/mol. The van der Waals surface area contributed by atoms with Gasteiger partial charge in [-0.1, -0.05) is 53.6 Å².